The number of Topliss-reactive ketones (excluding diaryl/α,β-unsaturated/α-hetero) is 1. The Morgan fingerprint density at radius 3 is 2.76 bits per heavy atom. The lowest BCUT2D eigenvalue weighted by Gasteiger charge is -1.96. The van der Waals surface area contributed by atoms with Crippen molar-refractivity contribution < 1.29 is 4.79 Å². The number of para-hydroxylation sites is 2. The van der Waals surface area contributed by atoms with Crippen molar-refractivity contribution in [3.05, 3.63) is 48.0 Å². The second kappa shape index (κ2) is 4.28. The lowest BCUT2D eigenvalue weighted by molar-refractivity contribution is 0.101. The quantitative estimate of drug-likeness (QED) is 0.551. The number of ketones is 1. The molecule has 21 heavy (non-hydrogen) atoms. The standard InChI is InChI=1S/C16H12N4O/c1-9(21)10-6-7-11-14(8-10)19-20-15(11)16-17-12-4-2-3-5-13(12)18-16/h2-8H,1H3,(H,17,18)(H,19,20). The largest absolute Gasteiger partial charge is 0.337 e. The Bertz CT molecular complexity index is 947. The van der Waals surface area contributed by atoms with Gasteiger partial charge in [-0.2, -0.15) is 5.10 Å². The number of carbonyl (C=O) groups is 1. The average molecular weight is 276 g/mol. The molecule has 2 heterocycles. The molecule has 0 aliphatic rings. The van der Waals surface area contributed by atoms with Gasteiger partial charge < -0.3 is 4.98 Å². The Kier molecular flexibility index (Phi) is 2.41. The van der Waals surface area contributed by atoms with Crippen LogP contribution in [0, 0.1) is 0 Å². The zero-order valence-electron chi connectivity index (χ0n) is 11.3. The lowest BCUT2D eigenvalue weighted by Crippen LogP contribution is -1.90. The number of H-pyrrole nitrogens is 2. The first-order valence-corrected chi connectivity index (χ1v) is 6.66. The van der Waals surface area contributed by atoms with Gasteiger partial charge in [0.1, 0.15) is 5.69 Å². The van der Waals surface area contributed by atoms with E-state index in [1.54, 1.807) is 6.92 Å². The SMILES string of the molecule is CC(=O)c1ccc2c(-c3nc4ccccc4[nH]3)n[nH]c2c1. The number of aromatic nitrogens is 4. The summed E-state index contributed by atoms with van der Waals surface area (Å²) in [6.07, 6.45) is 0. The zero-order chi connectivity index (χ0) is 14.4. The molecular formula is C16H12N4O. The van der Waals surface area contributed by atoms with Gasteiger partial charge in [-0.3, -0.25) is 9.89 Å². The molecule has 0 amide bonds. The van der Waals surface area contributed by atoms with Gasteiger partial charge >= 0.3 is 0 Å². The van der Waals surface area contributed by atoms with Crippen molar-refractivity contribution in [3.8, 4) is 11.5 Å². The molecule has 2 aromatic carbocycles. The van der Waals surface area contributed by atoms with Crippen LogP contribution in [-0.2, 0) is 0 Å². The molecule has 2 aromatic heterocycles. The number of hydrogen-bond donors (Lipinski definition) is 2. The molecule has 0 fully saturated rings. The number of carbonyl (C=O) groups excluding carboxylic acids is 1. The average Bonchev–Trinajstić information content (AvgIpc) is 3.09. The van der Waals surface area contributed by atoms with Crippen molar-refractivity contribution in [2.45, 2.75) is 6.92 Å². The molecule has 102 valence electrons. The van der Waals surface area contributed by atoms with Crippen LogP contribution in [0.1, 0.15) is 17.3 Å². The molecule has 0 unspecified atom stereocenters. The van der Waals surface area contributed by atoms with Crippen LogP contribution in [0.15, 0.2) is 42.5 Å². The third-order valence-corrected chi connectivity index (χ3v) is 3.58. The van der Waals surface area contributed by atoms with E-state index >= 15 is 0 Å². The molecule has 4 aromatic rings. The highest BCUT2D eigenvalue weighted by atomic mass is 16.1. The minimum Gasteiger partial charge on any atom is -0.337 e. The molecular weight excluding hydrogens is 264 g/mol. The zero-order valence-corrected chi connectivity index (χ0v) is 11.3. The highest BCUT2D eigenvalue weighted by Crippen LogP contribution is 2.26. The maximum atomic E-state index is 11.4. The number of hydrogen-bond acceptors (Lipinski definition) is 3. The molecule has 2 N–H and O–H groups in total. The predicted molar refractivity (Wildman–Crippen MR) is 81.2 cm³/mol. The predicted octanol–water partition coefficient (Wildman–Crippen LogP) is 3.31. The highest BCUT2D eigenvalue weighted by Gasteiger charge is 2.13. The molecule has 0 radical (unpaired) electrons. The maximum absolute atomic E-state index is 11.4. The summed E-state index contributed by atoms with van der Waals surface area (Å²) in [4.78, 5) is 19.3. The molecule has 0 atom stereocenters. The summed E-state index contributed by atoms with van der Waals surface area (Å²) in [5.74, 6) is 0.759. The topological polar surface area (TPSA) is 74.4 Å². The molecule has 4 rings (SSSR count). The smallest absolute Gasteiger partial charge is 0.159 e. The fourth-order valence-corrected chi connectivity index (χ4v) is 2.48. The van der Waals surface area contributed by atoms with E-state index in [-0.39, 0.29) is 5.78 Å². The molecule has 0 saturated heterocycles. The molecule has 0 spiro atoms. The van der Waals surface area contributed by atoms with E-state index in [0.717, 1.165) is 33.5 Å². The van der Waals surface area contributed by atoms with Gasteiger partial charge in [-0.05, 0) is 31.2 Å². The van der Waals surface area contributed by atoms with Crippen LogP contribution in [0.5, 0.6) is 0 Å². The van der Waals surface area contributed by atoms with E-state index in [2.05, 4.69) is 20.2 Å². The van der Waals surface area contributed by atoms with Gasteiger partial charge in [-0.15, -0.1) is 0 Å². The van der Waals surface area contributed by atoms with E-state index in [1.165, 1.54) is 0 Å². The molecule has 0 aliphatic carbocycles. The molecule has 5 heteroatoms. The number of benzene rings is 2. The lowest BCUT2D eigenvalue weighted by atomic mass is 10.1. The summed E-state index contributed by atoms with van der Waals surface area (Å²) in [5.41, 5.74) is 4.14. The van der Waals surface area contributed by atoms with E-state index < -0.39 is 0 Å². The second-order valence-corrected chi connectivity index (χ2v) is 4.99. The van der Waals surface area contributed by atoms with Gasteiger partial charge in [-0.1, -0.05) is 18.2 Å². The first kappa shape index (κ1) is 11.8. The Labute approximate surface area is 120 Å². The van der Waals surface area contributed by atoms with Crippen molar-refractivity contribution >= 4 is 27.7 Å². The third-order valence-electron chi connectivity index (χ3n) is 3.58. The Morgan fingerprint density at radius 1 is 1.10 bits per heavy atom. The third kappa shape index (κ3) is 1.82. The van der Waals surface area contributed by atoms with Crippen molar-refractivity contribution in [1.82, 2.24) is 20.2 Å². The minimum atomic E-state index is 0.0387. The highest BCUT2D eigenvalue weighted by molar-refractivity contribution is 6.00. The van der Waals surface area contributed by atoms with Gasteiger partial charge in [0.2, 0.25) is 0 Å². The number of aromatic amines is 2. The first-order valence-electron chi connectivity index (χ1n) is 6.66. The number of imidazole rings is 1. The Balaban J connectivity index is 1.92. The van der Waals surface area contributed by atoms with Crippen molar-refractivity contribution in [2.24, 2.45) is 0 Å². The van der Waals surface area contributed by atoms with Gasteiger partial charge in [-0.25, -0.2) is 4.98 Å². The fourth-order valence-electron chi connectivity index (χ4n) is 2.48. The van der Waals surface area contributed by atoms with Crippen LogP contribution in [-0.4, -0.2) is 25.9 Å². The summed E-state index contributed by atoms with van der Waals surface area (Å²) in [6.45, 7) is 1.55. The summed E-state index contributed by atoms with van der Waals surface area (Å²) in [6, 6.07) is 13.4. The molecule has 0 saturated carbocycles. The number of rotatable bonds is 2. The van der Waals surface area contributed by atoms with Crippen LogP contribution in [0.3, 0.4) is 0 Å². The number of nitrogens with zero attached hydrogens (tertiary/aromatic N) is 2. The summed E-state index contributed by atoms with van der Waals surface area (Å²) < 4.78 is 0. The number of nitrogens with one attached hydrogen (secondary N) is 2. The van der Waals surface area contributed by atoms with Gasteiger partial charge in [0.05, 0.1) is 16.6 Å². The summed E-state index contributed by atoms with van der Waals surface area (Å²) >= 11 is 0. The first-order chi connectivity index (χ1) is 10.2. The Morgan fingerprint density at radius 2 is 1.95 bits per heavy atom. The van der Waals surface area contributed by atoms with Gasteiger partial charge in [0, 0.05) is 10.9 Å². The fraction of sp³-hybridized carbons (Fsp3) is 0.0625. The van der Waals surface area contributed by atoms with E-state index in [1.807, 2.05) is 42.5 Å². The normalized spacial score (nSPS) is 11.3. The summed E-state index contributed by atoms with van der Waals surface area (Å²) in [5, 5.41) is 8.24. The molecule has 5 nitrogen and oxygen atoms in total. The van der Waals surface area contributed by atoms with E-state index in [9.17, 15) is 4.79 Å². The molecule has 0 aliphatic heterocycles. The molecule has 0 bridgehead atoms. The maximum Gasteiger partial charge on any atom is 0.159 e. The van der Waals surface area contributed by atoms with Crippen molar-refractivity contribution in [2.75, 3.05) is 0 Å². The van der Waals surface area contributed by atoms with Crippen molar-refractivity contribution in [3.63, 3.8) is 0 Å². The van der Waals surface area contributed by atoms with Crippen molar-refractivity contribution in [1.29, 1.82) is 0 Å². The van der Waals surface area contributed by atoms with Crippen LogP contribution >= 0.6 is 0 Å². The van der Waals surface area contributed by atoms with Gasteiger partial charge in [0.25, 0.3) is 0 Å². The second-order valence-electron chi connectivity index (χ2n) is 4.99. The Hall–Kier alpha value is -2.95. The van der Waals surface area contributed by atoms with Crippen LogP contribution in [0.2, 0.25) is 0 Å². The van der Waals surface area contributed by atoms with Gasteiger partial charge in [0.15, 0.2) is 11.6 Å². The number of fused-ring (bicyclic) bond motifs is 2. The minimum absolute atomic E-state index is 0.0387. The van der Waals surface area contributed by atoms with E-state index in [4.69, 9.17) is 0 Å². The summed E-state index contributed by atoms with van der Waals surface area (Å²) in [7, 11) is 0. The van der Waals surface area contributed by atoms with Crippen LogP contribution < -0.4 is 0 Å². The van der Waals surface area contributed by atoms with Crippen LogP contribution in [0.25, 0.3) is 33.5 Å². The van der Waals surface area contributed by atoms with Crippen LogP contribution in [0.4, 0.5) is 0 Å². The van der Waals surface area contributed by atoms with E-state index in [0.29, 0.717) is 5.56 Å². The monoisotopic (exact) mass is 276 g/mol.